The van der Waals surface area contributed by atoms with Crippen molar-refractivity contribution < 1.29 is 13.9 Å². The van der Waals surface area contributed by atoms with Crippen molar-refractivity contribution in [2.45, 2.75) is 18.1 Å². The SMILES string of the molecule is COCCn1c(SCC(=O)N(CCC#N)c2ccc(F)cc2)nc2cc(Cl)ccc2c1=O. The van der Waals surface area contributed by atoms with E-state index in [9.17, 15) is 14.0 Å². The van der Waals surface area contributed by atoms with Gasteiger partial charge < -0.3 is 9.64 Å². The number of rotatable bonds is 9. The molecule has 0 bridgehead atoms. The maximum absolute atomic E-state index is 13.3. The molecule has 0 atom stereocenters. The largest absolute Gasteiger partial charge is 0.383 e. The monoisotopic (exact) mass is 474 g/mol. The van der Waals surface area contributed by atoms with Crippen LogP contribution in [0, 0.1) is 17.1 Å². The number of benzene rings is 2. The summed E-state index contributed by atoms with van der Waals surface area (Å²) in [5.41, 5.74) is 0.673. The van der Waals surface area contributed by atoms with Crippen LogP contribution in [0.4, 0.5) is 10.1 Å². The molecule has 32 heavy (non-hydrogen) atoms. The number of aromatic nitrogens is 2. The lowest BCUT2D eigenvalue weighted by Gasteiger charge is -2.22. The number of amides is 1. The molecule has 0 unspecified atom stereocenters. The molecule has 0 aliphatic heterocycles. The van der Waals surface area contributed by atoms with Crippen LogP contribution in [-0.4, -0.2) is 41.5 Å². The van der Waals surface area contributed by atoms with Gasteiger partial charge in [-0.3, -0.25) is 14.2 Å². The van der Waals surface area contributed by atoms with Crippen molar-refractivity contribution in [1.82, 2.24) is 9.55 Å². The second kappa shape index (κ2) is 11.1. The third-order valence-corrected chi connectivity index (χ3v) is 5.81. The van der Waals surface area contributed by atoms with Crippen molar-refractivity contribution in [3.63, 3.8) is 0 Å². The second-order valence-corrected chi connectivity index (χ2v) is 8.10. The lowest BCUT2D eigenvalue weighted by Crippen LogP contribution is -2.33. The molecule has 166 valence electrons. The van der Waals surface area contributed by atoms with Crippen molar-refractivity contribution in [3.8, 4) is 6.07 Å². The van der Waals surface area contributed by atoms with E-state index in [0.29, 0.717) is 33.4 Å². The maximum atomic E-state index is 13.3. The van der Waals surface area contributed by atoms with Gasteiger partial charge in [0.05, 0.1) is 42.3 Å². The highest BCUT2D eigenvalue weighted by molar-refractivity contribution is 7.99. The molecule has 3 rings (SSSR count). The van der Waals surface area contributed by atoms with E-state index in [1.807, 2.05) is 6.07 Å². The molecule has 2 aromatic carbocycles. The van der Waals surface area contributed by atoms with Gasteiger partial charge in [-0.05, 0) is 42.5 Å². The number of fused-ring (bicyclic) bond motifs is 1. The lowest BCUT2D eigenvalue weighted by molar-refractivity contribution is -0.116. The molecule has 0 saturated heterocycles. The zero-order valence-corrected chi connectivity index (χ0v) is 18.8. The van der Waals surface area contributed by atoms with Crippen LogP contribution < -0.4 is 10.5 Å². The van der Waals surface area contributed by atoms with Crippen molar-refractivity contribution >= 4 is 45.9 Å². The number of nitrogens with zero attached hydrogens (tertiary/aromatic N) is 4. The van der Waals surface area contributed by atoms with Crippen molar-refractivity contribution in [2.24, 2.45) is 0 Å². The van der Waals surface area contributed by atoms with E-state index >= 15 is 0 Å². The quantitative estimate of drug-likeness (QED) is 0.345. The first kappa shape index (κ1) is 23.7. The van der Waals surface area contributed by atoms with Gasteiger partial charge in [-0.2, -0.15) is 5.26 Å². The minimum Gasteiger partial charge on any atom is -0.383 e. The van der Waals surface area contributed by atoms with Gasteiger partial charge in [0, 0.05) is 24.4 Å². The number of carbonyl (C=O) groups is 1. The smallest absolute Gasteiger partial charge is 0.262 e. The van der Waals surface area contributed by atoms with E-state index in [1.165, 1.54) is 40.8 Å². The molecule has 1 amide bonds. The summed E-state index contributed by atoms with van der Waals surface area (Å²) < 4.78 is 19.9. The third-order valence-electron chi connectivity index (χ3n) is 4.61. The number of halogens is 2. The van der Waals surface area contributed by atoms with Gasteiger partial charge in [0.25, 0.3) is 5.56 Å². The summed E-state index contributed by atoms with van der Waals surface area (Å²) in [5.74, 6) is -0.749. The summed E-state index contributed by atoms with van der Waals surface area (Å²) in [6, 6.07) is 12.3. The Morgan fingerprint density at radius 2 is 2.06 bits per heavy atom. The molecule has 0 radical (unpaired) electrons. The van der Waals surface area contributed by atoms with Gasteiger partial charge in [0.1, 0.15) is 5.82 Å². The molecular formula is C22H20ClFN4O3S. The van der Waals surface area contributed by atoms with Crippen LogP contribution in [0.1, 0.15) is 6.42 Å². The van der Waals surface area contributed by atoms with Crippen LogP contribution in [0.3, 0.4) is 0 Å². The van der Waals surface area contributed by atoms with Gasteiger partial charge in [-0.15, -0.1) is 0 Å². The number of hydrogen-bond acceptors (Lipinski definition) is 6. The van der Waals surface area contributed by atoms with E-state index in [1.54, 1.807) is 18.2 Å². The first-order chi connectivity index (χ1) is 15.4. The predicted octanol–water partition coefficient (Wildman–Crippen LogP) is 3.87. The fourth-order valence-corrected chi connectivity index (χ4v) is 4.12. The van der Waals surface area contributed by atoms with Crippen LogP contribution in [0.15, 0.2) is 52.4 Å². The number of anilines is 1. The van der Waals surface area contributed by atoms with E-state index < -0.39 is 5.82 Å². The predicted molar refractivity (Wildman–Crippen MR) is 123 cm³/mol. The molecule has 0 fully saturated rings. The Morgan fingerprint density at radius 1 is 1.31 bits per heavy atom. The number of hydrogen-bond donors (Lipinski definition) is 0. The van der Waals surface area contributed by atoms with Crippen molar-refractivity contribution in [1.29, 1.82) is 5.26 Å². The van der Waals surface area contributed by atoms with Gasteiger partial charge in [0.2, 0.25) is 5.91 Å². The highest BCUT2D eigenvalue weighted by Crippen LogP contribution is 2.23. The highest BCUT2D eigenvalue weighted by Gasteiger charge is 2.19. The summed E-state index contributed by atoms with van der Waals surface area (Å²) in [5, 5.41) is 10.2. The van der Waals surface area contributed by atoms with E-state index in [-0.39, 0.29) is 36.7 Å². The van der Waals surface area contributed by atoms with Gasteiger partial charge in [0.15, 0.2) is 5.16 Å². The Hall–Kier alpha value is -2.93. The van der Waals surface area contributed by atoms with Gasteiger partial charge in [-0.25, -0.2) is 9.37 Å². The molecule has 1 aromatic heterocycles. The molecule has 7 nitrogen and oxygen atoms in total. The Morgan fingerprint density at radius 3 is 2.75 bits per heavy atom. The summed E-state index contributed by atoms with van der Waals surface area (Å²) in [6.07, 6.45) is 0.124. The van der Waals surface area contributed by atoms with E-state index in [2.05, 4.69) is 4.98 Å². The molecule has 0 spiro atoms. The summed E-state index contributed by atoms with van der Waals surface area (Å²) >= 11 is 7.16. The number of carbonyl (C=O) groups excluding carboxylic acids is 1. The zero-order chi connectivity index (χ0) is 23.1. The highest BCUT2D eigenvalue weighted by atomic mass is 35.5. The van der Waals surface area contributed by atoms with E-state index in [0.717, 1.165) is 11.8 Å². The fraction of sp³-hybridized carbons (Fsp3) is 0.273. The van der Waals surface area contributed by atoms with Crippen molar-refractivity contribution in [3.05, 3.63) is 63.7 Å². The Balaban J connectivity index is 1.89. The lowest BCUT2D eigenvalue weighted by atomic mass is 10.2. The van der Waals surface area contributed by atoms with Crippen LogP contribution >= 0.6 is 23.4 Å². The topological polar surface area (TPSA) is 88.2 Å². The summed E-state index contributed by atoms with van der Waals surface area (Å²) in [6.45, 7) is 0.734. The van der Waals surface area contributed by atoms with Crippen LogP contribution in [0.5, 0.6) is 0 Å². The first-order valence-corrected chi connectivity index (χ1v) is 11.1. The first-order valence-electron chi connectivity index (χ1n) is 9.69. The van der Waals surface area contributed by atoms with Crippen LogP contribution in [0.25, 0.3) is 10.9 Å². The second-order valence-electron chi connectivity index (χ2n) is 6.72. The number of nitriles is 1. The Kier molecular flexibility index (Phi) is 8.22. The zero-order valence-electron chi connectivity index (χ0n) is 17.3. The third kappa shape index (κ3) is 5.65. The van der Waals surface area contributed by atoms with Crippen LogP contribution in [0.2, 0.25) is 5.02 Å². The summed E-state index contributed by atoms with van der Waals surface area (Å²) in [7, 11) is 1.53. The standard InChI is InChI=1S/C22H20ClFN4O3S/c1-31-12-11-28-21(30)18-8-3-15(23)13-19(18)26-22(28)32-14-20(29)27(10-2-9-25)17-6-4-16(24)5-7-17/h3-8,13H,2,10-12,14H2,1H3. The molecule has 3 aromatic rings. The molecule has 1 heterocycles. The molecule has 0 saturated carbocycles. The minimum absolute atomic E-state index is 0.0334. The van der Waals surface area contributed by atoms with Crippen molar-refractivity contribution in [2.75, 3.05) is 30.9 Å². The van der Waals surface area contributed by atoms with Gasteiger partial charge >= 0.3 is 0 Å². The number of methoxy groups -OCH3 is 1. The molecule has 0 aliphatic rings. The number of ether oxygens (including phenoxy) is 1. The average Bonchev–Trinajstić information content (AvgIpc) is 2.78. The molecule has 10 heteroatoms. The Bertz CT molecular complexity index is 1210. The van der Waals surface area contributed by atoms with Crippen LogP contribution in [-0.2, 0) is 16.1 Å². The maximum Gasteiger partial charge on any atom is 0.262 e. The average molecular weight is 475 g/mol. The summed E-state index contributed by atoms with van der Waals surface area (Å²) in [4.78, 5) is 31.9. The Labute approximate surface area is 193 Å². The molecular weight excluding hydrogens is 455 g/mol. The minimum atomic E-state index is -0.419. The molecule has 0 aliphatic carbocycles. The van der Waals surface area contributed by atoms with Gasteiger partial charge in [-0.1, -0.05) is 23.4 Å². The number of thioether (sulfide) groups is 1. The molecule has 0 N–H and O–H groups in total. The van der Waals surface area contributed by atoms with E-state index in [4.69, 9.17) is 21.6 Å². The normalized spacial score (nSPS) is 10.8. The fourth-order valence-electron chi connectivity index (χ4n) is 3.05.